The van der Waals surface area contributed by atoms with E-state index >= 15 is 0 Å². The summed E-state index contributed by atoms with van der Waals surface area (Å²) in [5.74, 6) is 1.87. The molecule has 0 aliphatic carbocycles. The van der Waals surface area contributed by atoms with E-state index in [1.54, 1.807) is 7.11 Å². The Balaban J connectivity index is 2.28. The van der Waals surface area contributed by atoms with Crippen LogP contribution in [0.4, 0.5) is 0 Å². The third-order valence-corrected chi connectivity index (χ3v) is 2.52. The first-order valence-corrected chi connectivity index (χ1v) is 6.13. The van der Waals surface area contributed by atoms with Gasteiger partial charge in [-0.15, -0.1) is 0 Å². The number of rotatable bonds is 9. The molecule has 0 aliphatic rings. The van der Waals surface area contributed by atoms with Crippen LogP contribution in [0.25, 0.3) is 0 Å². The number of hydrogen-bond donors (Lipinski definition) is 1. The highest BCUT2D eigenvalue weighted by atomic mass is 16.5. The van der Waals surface area contributed by atoms with Crippen molar-refractivity contribution in [3.8, 4) is 0 Å². The Bertz CT molecular complexity index is 310. The lowest BCUT2D eigenvalue weighted by Crippen LogP contribution is -2.11. The van der Waals surface area contributed by atoms with E-state index in [2.05, 4.69) is 18.3 Å². The van der Waals surface area contributed by atoms with Gasteiger partial charge in [0.1, 0.15) is 18.1 Å². The molecule has 0 saturated carbocycles. The van der Waals surface area contributed by atoms with Crippen LogP contribution in [0.2, 0.25) is 0 Å². The number of hydrogen-bond acceptors (Lipinski definition) is 4. The molecule has 0 fully saturated rings. The number of nitrogens with one attached hydrogen (secondary N) is 1. The van der Waals surface area contributed by atoms with Gasteiger partial charge in [0.25, 0.3) is 0 Å². The lowest BCUT2D eigenvalue weighted by atomic mass is 10.2. The molecular formula is C13H23NO3. The minimum absolute atomic E-state index is 0.538. The SMILES string of the molecule is CCNCc1cc(COCCCOC)oc1C. The molecule has 1 rings (SSSR count). The highest BCUT2D eigenvalue weighted by molar-refractivity contribution is 5.20. The predicted octanol–water partition coefficient (Wildman–Crippen LogP) is 2.25. The molecular weight excluding hydrogens is 218 g/mol. The maximum absolute atomic E-state index is 5.62. The van der Waals surface area contributed by atoms with Gasteiger partial charge in [0, 0.05) is 32.4 Å². The minimum atomic E-state index is 0.538. The first-order valence-electron chi connectivity index (χ1n) is 6.13. The van der Waals surface area contributed by atoms with Crippen molar-refractivity contribution in [2.75, 3.05) is 26.9 Å². The molecule has 0 aliphatic heterocycles. The van der Waals surface area contributed by atoms with Crippen LogP contribution in [0.5, 0.6) is 0 Å². The molecule has 1 aromatic rings. The van der Waals surface area contributed by atoms with E-state index < -0.39 is 0 Å². The molecule has 17 heavy (non-hydrogen) atoms. The van der Waals surface area contributed by atoms with Gasteiger partial charge in [-0.1, -0.05) is 6.92 Å². The van der Waals surface area contributed by atoms with Crippen molar-refractivity contribution in [3.05, 3.63) is 23.2 Å². The van der Waals surface area contributed by atoms with Crippen LogP contribution in [0.1, 0.15) is 30.4 Å². The first kappa shape index (κ1) is 14.2. The Morgan fingerprint density at radius 3 is 2.88 bits per heavy atom. The standard InChI is InChI=1S/C13H23NO3/c1-4-14-9-12-8-13(17-11(12)2)10-16-7-5-6-15-3/h8,14H,4-7,9-10H2,1-3H3. The van der Waals surface area contributed by atoms with E-state index in [1.807, 2.05) is 6.92 Å². The van der Waals surface area contributed by atoms with E-state index in [1.165, 1.54) is 5.56 Å². The lowest BCUT2D eigenvalue weighted by Gasteiger charge is -2.00. The normalized spacial score (nSPS) is 11.0. The molecule has 0 unspecified atom stereocenters. The average molecular weight is 241 g/mol. The predicted molar refractivity (Wildman–Crippen MR) is 67.0 cm³/mol. The molecule has 1 N–H and O–H groups in total. The molecule has 1 heterocycles. The fraction of sp³-hybridized carbons (Fsp3) is 0.692. The summed E-state index contributed by atoms with van der Waals surface area (Å²) in [5, 5.41) is 3.29. The molecule has 0 bridgehead atoms. The highest BCUT2D eigenvalue weighted by Crippen LogP contribution is 2.15. The van der Waals surface area contributed by atoms with Gasteiger partial charge in [0.15, 0.2) is 0 Å². The summed E-state index contributed by atoms with van der Waals surface area (Å²) in [6.45, 7) is 7.88. The summed E-state index contributed by atoms with van der Waals surface area (Å²) < 4.78 is 16.1. The van der Waals surface area contributed by atoms with E-state index in [4.69, 9.17) is 13.9 Å². The van der Waals surface area contributed by atoms with Crippen molar-refractivity contribution in [1.29, 1.82) is 0 Å². The van der Waals surface area contributed by atoms with Crippen LogP contribution in [-0.4, -0.2) is 26.9 Å². The number of ether oxygens (including phenoxy) is 2. The first-order chi connectivity index (χ1) is 8.27. The van der Waals surface area contributed by atoms with Gasteiger partial charge in [-0.2, -0.15) is 0 Å². The van der Waals surface area contributed by atoms with Crippen molar-refractivity contribution in [2.45, 2.75) is 33.4 Å². The van der Waals surface area contributed by atoms with Crippen molar-refractivity contribution in [1.82, 2.24) is 5.32 Å². The van der Waals surface area contributed by atoms with Crippen molar-refractivity contribution < 1.29 is 13.9 Å². The Morgan fingerprint density at radius 2 is 2.18 bits per heavy atom. The van der Waals surface area contributed by atoms with Crippen LogP contribution in [0, 0.1) is 6.92 Å². The van der Waals surface area contributed by atoms with Gasteiger partial charge in [-0.05, 0) is 26.0 Å². The van der Waals surface area contributed by atoms with Crippen molar-refractivity contribution >= 4 is 0 Å². The summed E-state index contributed by atoms with van der Waals surface area (Å²) in [5.41, 5.74) is 1.21. The summed E-state index contributed by atoms with van der Waals surface area (Å²) in [4.78, 5) is 0. The van der Waals surface area contributed by atoms with Crippen LogP contribution in [0.3, 0.4) is 0 Å². The largest absolute Gasteiger partial charge is 0.464 e. The fourth-order valence-corrected chi connectivity index (χ4v) is 1.57. The summed E-state index contributed by atoms with van der Waals surface area (Å²) in [7, 11) is 1.70. The second-order valence-electron chi connectivity index (χ2n) is 3.97. The van der Waals surface area contributed by atoms with E-state index in [0.29, 0.717) is 13.2 Å². The van der Waals surface area contributed by atoms with E-state index in [0.717, 1.165) is 37.6 Å². The molecule has 0 atom stereocenters. The van der Waals surface area contributed by atoms with Gasteiger partial charge in [-0.25, -0.2) is 0 Å². The number of methoxy groups -OCH3 is 1. The van der Waals surface area contributed by atoms with Crippen LogP contribution in [0.15, 0.2) is 10.5 Å². The van der Waals surface area contributed by atoms with E-state index in [9.17, 15) is 0 Å². The third-order valence-electron chi connectivity index (χ3n) is 2.52. The van der Waals surface area contributed by atoms with Gasteiger partial charge in [0.2, 0.25) is 0 Å². The number of aryl methyl sites for hydroxylation is 1. The average Bonchev–Trinajstić information content (AvgIpc) is 2.67. The smallest absolute Gasteiger partial charge is 0.130 e. The van der Waals surface area contributed by atoms with E-state index in [-0.39, 0.29) is 0 Å². The Morgan fingerprint density at radius 1 is 1.35 bits per heavy atom. The monoisotopic (exact) mass is 241 g/mol. The second-order valence-corrected chi connectivity index (χ2v) is 3.97. The van der Waals surface area contributed by atoms with Crippen LogP contribution < -0.4 is 5.32 Å². The zero-order valence-corrected chi connectivity index (χ0v) is 11.0. The molecule has 0 radical (unpaired) electrons. The van der Waals surface area contributed by atoms with Crippen molar-refractivity contribution in [3.63, 3.8) is 0 Å². The summed E-state index contributed by atoms with van der Waals surface area (Å²) >= 11 is 0. The lowest BCUT2D eigenvalue weighted by molar-refractivity contribution is 0.0823. The molecule has 0 spiro atoms. The van der Waals surface area contributed by atoms with Gasteiger partial charge >= 0.3 is 0 Å². The summed E-state index contributed by atoms with van der Waals surface area (Å²) in [6, 6.07) is 2.06. The topological polar surface area (TPSA) is 43.6 Å². The Kier molecular flexibility index (Phi) is 6.93. The quantitative estimate of drug-likeness (QED) is 0.673. The molecule has 98 valence electrons. The van der Waals surface area contributed by atoms with Gasteiger partial charge in [-0.3, -0.25) is 0 Å². The van der Waals surface area contributed by atoms with Crippen molar-refractivity contribution in [2.24, 2.45) is 0 Å². The Hall–Kier alpha value is -0.840. The molecule has 1 aromatic heterocycles. The van der Waals surface area contributed by atoms with Crippen LogP contribution >= 0.6 is 0 Å². The number of furan rings is 1. The molecule has 0 amide bonds. The third kappa shape index (κ3) is 5.35. The molecule has 0 aromatic carbocycles. The molecule has 4 nitrogen and oxygen atoms in total. The highest BCUT2D eigenvalue weighted by Gasteiger charge is 2.06. The maximum Gasteiger partial charge on any atom is 0.130 e. The fourth-order valence-electron chi connectivity index (χ4n) is 1.57. The molecule has 0 saturated heterocycles. The maximum atomic E-state index is 5.62. The minimum Gasteiger partial charge on any atom is -0.464 e. The Labute approximate surface area is 103 Å². The molecule has 4 heteroatoms. The zero-order valence-electron chi connectivity index (χ0n) is 11.0. The zero-order chi connectivity index (χ0) is 12.5. The van der Waals surface area contributed by atoms with Gasteiger partial charge in [0.05, 0.1) is 0 Å². The van der Waals surface area contributed by atoms with Crippen LogP contribution in [-0.2, 0) is 22.6 Å². The summed E-state index contributed by atoms with van der Waals surface area (Å²) in [6.07, 6.45) is 0.917. The second kappa shape index (κ2) is 8.28. The van der Waals surface area contributed by atoms with Gasteiger partial charge < -0.3 is 19.2 Å².